The van der Waals surface area contributed by atoms with Crippen LogP contribution in [0.25, 0.3) is 11.2 Å². The first-order valence-electron chi connectivity index (χ1n) is 16.6. The molecule has 0 fully saturated rings. The number of imidazole rings is 1. The molecule has 0 aliphatic rings. The van der Waals surface area contributed by atoms with Crippen molar-refractivity contribution in [2.45, 2.75) is 136 Å². The molecule has 3 atom stereocenters. The molecule has 0 saturated heterocycles. The van der Waals surface area contributed by atoms with Gasteiger partial charge < -0.3 is 9.63 Å². The maximum absolute atomic E-state index is 13.0. The Balaban J connectivity index is 1.89. The zero-order valence-corrected chi connectivity index (χ0v) is 28.5. The SMILES string of the molecule is CCCCCCCCCCCOC(COP(=O)(O)n1c(=O)[nH]c2[nH]c(=O)[nH]c2c1=O)CS(=O)CCCCCCCCCCC. The predicted molar refractivity (Wildman–Crippen MR) is 177 cm³/mol. The van der Waals surface area contributed by atoms with Crippen LogP contribution >= 0.6 is 7.75 Å². The van der Waals surface area contributed by atoms with Gasteiger partial charge in [-0.3, -0.25) is 28.5 Å². The van der Waals surface area contributed by atoms with E-state index in [2.05, 4.69) is 28.8 Å². The third kappa shape index (κ3) is 14.5. The van der Waals surface area contributed by atoms with Crippen molar-refractivity contribution >= 4 is 29.7 Å². The second kappa shape index (κ2) is 21.9. The maximum atomic E-state index is 13.0. The third-order valence-electron chi connectivity index (χ3n) is 7.69. The van der Waals surface area contributed by atoms with Crippen molar-refractivity contribution in [3.05, 3.63) is 31.3 Å². The largest absolute Gasteiger partial charge is 0.443 e. The first-order valence-corrected chi connectivity index (χ1v) is 19.6. The molecule has 0 saturated carbocycles. The molecule has 2 aromatic heterocycles. The number of fused-ring (bicyclic) bond motifs is 1. The van der Waals surface area contributed by atoms with E-state index in [0.717, 1.165) is 38.5 Å². The summed E-state index contributed by atoms with van der Waals surface area (Å²) < 4.78 is 37.2. The van der Waals surface area contributed by atoms with E-state index in [1.807, 2.05) is 0 Å². The lowest BCUT2D eigenvalue weighted by molar-refractivity contribution is 0.0288. The number of hydrogen-bond acceptors (Lipinski definition) is 7. The Kier molecular flexibility index (Phi) is 19.1. The Hall–Kier alpha value is -1.79. The minimum Gasteiger partial charge on any atom is -0.375 e. The number of nitrogens with zero attached hydrogens (tertiary/aromatic N) is 1. The number of nitrogens with one attached hydrogen (secondary N) is 3. The topological polar surface area (TPSA) is 176 Å². The number of aromatic nitrogens is 4. The van der Waals surface area contributed by atoms with Crippen LogP contribution in [-0.2, 0) is 24.6 Å². The van der Waals surface area contributed by atoms with Gasteiger partial charge in [0, 0.05) is 23.2 Å². The number of hydrogen-bond donors (Lipinski definition) is 4. The Bertz CT molecular complexity index is 1320. The molecule has 12 nitrogen and oxygen atoms in total. The van der Waals surface area contributed by atoms with Crippen molar-refractivity contribution in [1.82, 2.24) is 19.3 Å². The number of unbranched alkanes of at least 4 members (excludes halogenated alkanes) is 16. The molecule has 0 aromatic carbocycles. The van der Waals surface area contributed by atoms with Crippen LogP contribution in [0.3, 0.4) is 0 Å². The lowest BCUT2D eigenvalue weighted by Crippen LogP contribution is -2.35. The van der Waals surface area contributed by atoms with Crippen molar-refractivity contribution in [3.8, 4) is 0 Å². The van der Waals surface area contributed by atoms with Gasteiger partial charge in [-0.1, -0.05) is 117 Å². The molecule has 0 bridgehead atoms. The summed E-state index contributed by atoms with van der Waals surface area (Å²) in [4.78, 5) is 53.9. The molecule has 4 N–H and O–H groups in total. The monoisotopic (exact) mass is 662 g/mol. The van der Waals surface area contributed by atoms with Crippen molar-refractivity contribution in [3.63, 3.8) is 0 Å². The molecule has 2 heterocycles. The second-order valence-corrected chi connectivity index (χ2v) is 14.9. The average Bonchev–Trinajstić information content (AvgIpc) is 3.36. The molecule has 0 radical (unpaired) electrons. The van der Waals surface area contributed by atoms with Crippen molar-refractivity contribution in [2.24, 2.45) is 0 Å². The Morgan fingerprint density at radius 2 is 1.30 bits per heavy atom. The van der Waals surface area contributed by atoms with Crippen molar-refractivity contribution in [1.29, 1.82) is 0 Å². The van der Waals surface area contributed by atoms with Crippen LogP contribution in [0.2, 0.25) is 0 Å². The number of ether oxygens (including phenoxy) is 1. The lowest BCUT2D eigenvalue weighted by atomic mass is 10.1. The summed E-state index contributed by atoms with van der Waals surface area (Å²) in [6.07, 6.45) is 20.0. The van der Waals surface area contributed by atoms with Gasteiger partial charge in [-0.05, 0) is 12.8 Å². The van der Waals surface area contributed by atoms with Gasteiger partial charge >= 0.3 is 19.1 Å². The molecule has 0 aliphatic heterocycles. The van der Waals surface area contributed by atoms with E-state index in [1.165, 1.54) is 77.0 Å². The highest BCUT2D eigenvalue weighted by molar-refractivity contribution is 7.85. The second-order valence-electron chi connectivity index (χ2n) is 11.6. The Morgan fingerprint density at radius 3 is 1.86 bits per heavy atom. The van der Waals surface area contributed by atoms with E-state index in [4.69, 9.17) is 9.26 Å². The van der Waals surface area contributed by atoms with Gasteiger partial charge in [0.15, 0.2) is 5.52 Å². The van der Waals surface area contributed by atoms with E-state index in [-0.39, 0.29) is 21.3 Å². The minimum atomic E-state index is -4.98. The molecule has 2 aromatic rings. The summed E-state index contributed by atoms with van der Waals surface area (Å²) in [6, 6.07) is 0. The average molecular weight is 663 g/mol. The highest BCUT2D eigenvalue weighted by Crippen LogP contribution is 2.40. The Morgan fingerprint density at radius 1 is 0.773 bits per heavy atom. The summed E-state index contributed by atoms with van der Waals surface area (Å²) in [5.41, 5.74) is -3.67. The fourth-order valence-corrected chi connectivity index (χ4v) is 7.52. The van der Waals surface area contributed by atoms with Crippen LogP contribution in [0.4, 0.5) is 0 Å². The molecule has 0 spiro atoms. The van der Waals surface area contributed by atoms with Crippen molar-refractivity contribution < 1.29 is 22.9 Å². The number of aromatic amines is 3. The van der Waals surface area contributed by atoms with E-state index >= 15 is 0 Å². The van der Waals surface area contributed by atoms with E-state index < -0.39 is 48.2 Å². The predicted octanol–water partition coefficient (Wildman–Crippen LogP) is 5.87. The molecule has 254 valence electrons. The highest BCUT2D eigenvalue weighted by atomic mass is 32.2. The van der Waals surface area contributed by atoms with E-state index in [1.54, 1.807) is 0 Å². The van der Waals surface area contributed by atoms with E-state index in [9.17, 15) is 28.1 Å². The zero-order chi connectivity index (χ0) is 32.2. The lowest BCUT2D eigenvalue weighted by Gasteiger charge is -2.20. The van der Waals surface area contributed by atoms with Gasteiger partial charge in [0.25, 0.3) is 5.56 Å². The van der Waals surface area contributed by atoms with Crippen LogP contribution in [0.15, 0.2) is 14.4 Å². The number of H-pyrrole nitrogens is 3. The van der Waals surface area contributed by atoms with Gasteiger partial charge in [-0.15, -0.1) is 0 Å². The number of rotatable bonds is 27. The van der Waals surface area contributed by atoms with Gasteiger partial charge in [-0.25, -0.2) is 14.2 Å². The Labute approximate surface area is 263 Å². The highest BCUT2D eigenvalue weighted by Gasteiger charge is 2.30. The molecule has 0 aliphatic carbocycles. The van der Waals surface area contributed by atoms with E-state index in [0.29, 0.717) is 12.4 Å². The molecule has 2 rings (SSSR count). The first kappa shape index (κ1) is 38.4. The molecule has 14 heteroatoms. The van der Waals surface area contributed by atoms with Crippen LogP contribution in [0.1, 0.15) is 129 Å². The molecule has 44 heavy (non-hydrogen) atoms. The molecule has 3 unspecified atom stereocenters. The first-order chi connectivity index (χ1) is 21.2. The van der Waals surface area contributed by atoms with Crippen molar-refractivity contribution in [2.75, 3.05) is 24.7 Å². The zero-order valence-electron chi connectivity index (χ0n) is 26.7. The fraction of sp³-hybridized carbons (Fsp3) is 0.833. The normalized spacial score (nSPS) is 14.6. The smallest absolute Gasteiger partial charge is 0.375 e. The summed E-state index contributed by atoms with van der Waals surface area (Å²) in [5, 5.41) is 0. The summed E-state index contributed by atoms with van der Waals surface area (Å²) in [6.45, 7) is 4.36. The fourth-order valence-electron chi connectivity index (χ4n) is 5.13. The standard InChI is InChI=1S/C30H55N4O8PS/c1-3-5-7-9-11-13-15-17-19-21-41-25(24-44(40)22-20-18-16-14-12-10-8-6-4-2)23-42-43(38,39)34-28(35)26-27(33-30(34)37)32-29(36)31-26/h25H,3-24H2,1-2H3,(H,33,37)(H,38,39)(H2,31,32,36). The summed E-state index contributed by atoms with van der Waals surface area (Å²) >= 11 is 0. The summed E-state index contributed by atoms with van der Waals surface area (Å²) in [5.74, 6) is 0.616. The third-order valence-corrected chi connectivity index (χ3v) is 10.5. The minimum absolute atomic E-state index is 0.0654. The summed E-state index contributed by atoms with van der Waals surface area (Å²) in [7, 11) is -6.21. The van der Waals surface area contributed by atoms with Crippen LogP contribution in [-0.4, -0.2) is 59.2 Å². The maximum Gasteiger partial charge on any atom is 0.443 e. The van der Waals surface area contributed by atoms with Crippen LogP contribution in [0, 0.1) is 0 Å². The van der Waals surface area contributed by atoms with Gasteiger partial charge in [-0.2, -0.15) is 4.34 Å². The van der Waals surface area contributed by atoms with Crippen LogP contribution < -0.4 is 16.9 Å². The molecular weight excluding hydrogens is 607 g/mol. The quantitative estimate of drug-likeness (QED) is 0.0678. The van der Waals surface area contributed by atoms with Gasteiger partial charge in [0.1, 0.15) is 5.65 Å². The molecular formula is C30H55N4O8PS. The molecule has 0 amide bonds. The van der Waals surface area contributed by atoms with Gasteiger partial charge in [0.2, 0.25) is 0 Å². The van der Waals surface area contributed by atoms with Gasteiger partial charge in [0.05, 0.1) is 18.5 Å². The van der Waals surface area contributed by atoms with Crippen LogP contribution in [0.5, 0.6) is 0 Å².